The molecule has 1 unspecified atom stereocenters. The Morgan fingerprint density at radius 3 is 2.81 bits per heavy atom. The summed E-state index contributed by atoms with van der Waals surface area (Å²) in [6.07, 6.45) is 0. The summed E-state index contributed by atoms with van der Waals surface area (Å²) in [6.45, 7) is 1.19. The number of ether oxygens (including phenoxy) is 1. The SMILES string of the molecule is CC(C(=O)O)N(C)c1cc2c(cc1[N+](=O)[O-])OCC(=O)N2. The Labute approximate surface area is 119 Å². The quantitative estimate of drug-likeness (QED) is 0.623. The van der Waals surface area contributed by atoms with Crippen molar-refractivity contribution in [3.63, 3.8) is 0 Å². The van der Waals surface area contributed by atoms with Gasteiger partial charge in [-0.15, -0.1) is 0 Å². The third-order valence-corrected chi connectivity index (χ3v) is 3.22. The van der Waals surface area contributed by atoms with Crippen molar-refractivity contribution >= 4 is 28.9 Å². The van der Waals surface area contributed by atoms with Gasteiger partial charge in [-0.25, -0.2) is 4.79 Å². The molecule has 9 nitrogen and oxygen atoms in total. The molecule has 0 fully saturated rings. The van der Waals surface area contributed by atoms with E-state index in [2.05, 4.69) is 5.32 Å². The smallest absolute Gasteiger partial charge is 0.326 e. The molecule has 0 saturated heterocycles. The van der Waals surface area contributed by atoms with Crippen LogP contribution in [0.3, 0.4) is 0 Å². The molecule has 0 spiro atoms. The van der Waals surface area contributed by atoms with Crippen molar-refractivity contribution in [1.29, 1.82) is 0 Å². The molecule has 9 heteroatoms. The Kier molecular flexibility index (Phi) is 3.66. The summed E-state index contributed by atoms with van der Waals surface area (Å²) in [7, 11) is 1.43. The van der Waals surface area contributed by atoms with Crippen LogP contribution >= 0.6 is 0 Å². The summed E-state index contributed by atoms with van der Waals surface area (Å²) in [4.78, 5) is 34.1. The molecule has 0 saturated carbocycles. The number of nitro groups is 1. The average molecular weight is 295 g/mol. The number of carbonyl (C=O) groups excluding carboxylic acids is 1. The Morgan fingerprint density at radius 2 is 2.24 bits per heavy atom. The average Bonchev–Trinajstić information content (AvgIpc) is 2.43. The maximum absolute atomic E-state index is 11.3. The van der Waals surface area contributed by atoms with Gasteiger partial charge in [-0.2, -0.15) is 0 Å². The highest BCUT2D eigenvalue weighted by Gasteiger charge is 2.28. The number of likely N-dealkylation sites (N-methyl/N-ethyl adjacent to an activating group) is 1. The topological polar surface area (TPSA) is 122 Å². The highest BCUT2D eigenvalue weighted by molar-refractivity contribution is 5.97. The number of nitro benzene ring substituents is 1. The molecule has 0 radical (unpaired) electrons. The van der Waals surface area contributed by atoms with E-state index < -0.39 is 16.9 Å². The van der Waals surface area contributed by atoms with E-state index in [1.54, 1.807) is 0 Å². The molecule has 2 N–H and O–H groups in total. The summed E-state index contributed by atoms with van der Waals surface area (Å²) < 4.78 is 5.12. The minimum atomic E-state index is -1.12. The van der Waals surface area contributed by atoms with E-state index in [0.717, 1.165) is 0 Å². The zero-order chi connectivity index (χ0) is 15.7. The van der Waals surface area contributed by atoms with Crippen LogP contribution in [-0.2, 0) is 9.59 Å². The third-order valence-electron chi connectivity index (χ3n) is 3.22. The Balaban J connectivity index is 2.52. The molecule has 1 aromatic carbocycles. The van der Waals surface area contributed by atoms with Gasteiger partial charge in [0.05, 0.1) is 16.7 Å². The summed E-state index contributed by atoms with van der Waals surface area (Å²) in [5.41, 5.74) is 0.0660. The number of carbonyl (C=O) groups is 2. The van der Waals surface area contributed by atoms with Gasteiger partial charge in [0, 0.05) is 7.05 Å². The minimum Gasteiger partial charge on any atom is -0.481 e. The number of nitrogens with zero attached hydrogens (tertiary/aromatic N) is 2. The first kappa shape index (κ1) is 14.6. The Morgan fingerprint density at radius 1 is 1.57 bits per heavy atom. The van der Waals surface area contributed by atoms with Gasteiger partial charge in [-0.1, -0.05) is 0 Å². The molecule has 112 valence electrons. The van der Waals surface area contributed by atoms with Crippen LogP contribution in [0.5, 0.6) is 5.75 Å². The summed E-state index contributed by atoms with van der Waals surface area (Å²) >= 11 is 0. The zero-order valence-electron chi connectivity index (χ0n) is 11.3. The van der Waals surface area contributed by atoms with Crippen molar-refractivity contribution in [2.45, 2.75) is 13.0 Å². The van der Waals surface area contributed by atoms with E-state index >= 15 is 0 Å². The lowest BCUT2D eigenvalue weighted by molar-refractivity contribution is -0.384. The number of hydrogen-bond acceptors (Lipinski definition) is 6. The maximum Gasteiger partial charge on any atom is 0.326 e. The largest absolute Gasteiger partial charge is 0.481 e. The van der Waals surface area contributed by atoms with Gasteiger partial charge in [-0.3, -0.25) is 14.9 Å². The molecule has 1 aliphatic heterocycles. The molecule has 0 aromatic heterocycles. The second-order valence-corrected chi connectivity index (χ2v) is 4.56. The van der Waals surface area contributed by atoms with Gasteiger partial charge < -0.3 is 20.1 Å². The second kappa shape index (κ2) is 5.27. The Bertz CT molecular complexity index is 630. The summed E-state index contributed by atoms with van der Waals surface area (Å²) in [5.74, 6) is -1.32. The number of hydrogen-bond donors (Lipinski definition) is 2. The number of anilines is 2. The standard InChI is InChI=1S/C12H13N3O6/c1-6(12(17)18)14(2)8-3-7-10(4-9(8)15(19)20)21-5-11(16)13-7/h3-4,6H,5H2,1-2H3,(H,13,16)(H,17,18). The van der Waals surface area contributed by atoms with Crippen molar-refractivity contribution in [3.05, 3.63) is 22.2 Å². The third kappa shape index (κ3) is 2.71. The van der Waals surface area contributed by atoms with Crippen LogP contribution in [0.2, 0.25) is 0 Å². The van der Waals surface area contributed by atoms with E-state index in [9.17, 15) is 19.7 Å². The minimum absolute atomic E-state index is 0.0828. The molecule has 0 bridgehead atoms. The fourth-order valence-electron chi connectivity index (χ4n) is 1.91. The second-order valence-electron chi connectivity index (χ2n) is 4.56. The molecule has 2 rings (SSSR count). The monoisotopic (exact) mass is 295 g/mol. The van der Waals surface area contributed by atoms with Crippen molar-refractivity contribution in [2.24, 2.45) is 0 Å². The molecule has 1 aromatic rings. The van der Waals surface area contributed by atoms with Crippen LogP contribution in [0.1, 0.15) is 6.92 Å². The Hall–Kier alpha value is -2.84. The fourth-order valence-corrected chi connectivity index (χ4v) is 1.91. The normalized spacial score (nSPS) is 14.5. The van der Waals surface area contributed by atoms with Crippen LogP contribution < -0.4 is 15.0 Å². The number of rotatable bonds is 4. The fraction of sp³-hybridized carbons (Fsp3) is 0.333. The van der Waals surface area contributed by atoms with E-state index in [1.165, 1.54) is 31.0 Å². The van der Waals surface area contributed by atoms with Crippen LogP contribution in [-0.4, -0.2) is 41.6 Å². The first-order valence-corrected chi connectivity index (χ1v) is 6.02. The van der Waals surface area contributed by atoms with Crippen LogP contribution in [0.15, 0.2) is 12.1 Å². The molecule has 1 atom stereocenters. The van der Waals surface area contributed by atoms with E-state index in [0.29, 0.717) is 0 Å². The lowest BCUT2D eigenvalue weighted by atomic mass is 10.1. The molecule has 1 heterocycles. The van der Waals surface area contributed by atoms with Crippen molar-refractivity contribution in [2.75, 3.05) is 23.9 Å². The molecule has 0 aliphatic carbocycles. The number of benzene rings is 1. The highest BCUT2D eigenvalue weighted by atomic mass is 16.6. The van der Waals surface area contributed by atoms with Crippen LogP contribution in [0.25, 0.3) is 0 Å². The van der Waals surface area contributed by atoms with Gasteiger partial charge in [0.25, 0.3) is 11.6 Å². The number of fused-ring (bicyclic) bond motifs is 1. The predicted octanol–water partition coefficient (Wildman–Crippen LogP) is 0.835. The van der Waals surface area contributed by atoms with Gasteiger partial charge in [0.2, 0.25) is 0 Å². The molecular formula is C12H13N3O6. The van der Waals surface area contributed by atoms with E-state index in [4.69, 9.17) is 9.84 Å². The maximum atomic E-state index is 11.3. The number of aliphatic carboxylic acids is 1. The van der Waals surface area contributed by atoms with Gasteiger partial charge >= 0.3 is 5.97 Å². The number of amides is 1. The van der Waals surface area contributed by atoms with Gasteiger partial charge in [0.1, 0.15) is 11.7 Å². The zero-order valence-corrected chi connectivity index (χ0v) is 11.3. The number of nitrogens with one attached hydrogen (secondary N) is 1. The van der Waals surface area contributed by atoms with E-state index in [-0.39, 0.29) is 35.3 Å². The molecular weight excluding hydrogens is 282 g/mol. The highest BCUT2D eigenvalue weighted by Crippen LogP contribution is 2.39. The lowest BCUT2D eigenvalue weighted by Gasteiger charge is -2.25. The van der Waals surface area contributed by atoms with Crippen molar-refractivity contribution in [3.8, 4) is 5.75 Å². The van der Waals surface area contributed by atoms with Crippen LogP contribution in [0, 0.1) is 10.1 Å². The molecule has 21 heavy (non-hydrogen) atoms. The van der Waals surface area contributed by atoms with Gasteiger partial charge in [0.15, 0.2) is 12.4 Å². The summed E-state index contributed by atoms with van der Waals surface area (Å²) in [6, 6.07) is 1.54. The van der Waals surface area contributed by atoms with Crippen molar-refractivity contribution in [1.82, 2.24) is 0 Å². The van der Waals surface area contributed by atoms with Crippen molar-refractivity contribution < 1.29 is 24.4 Å². The first-order chi connectivity index (χ1) is 9.81. The lowest BCUT2D eigenvalue weighted by Crippen LogP contribution is -2.36. The summed E-state index contributed by atoms with van der Waals surface area (Å²) in [5, 5.41) is 22.7. The van der Waals surface area contributed by atoms with Gasteiger partial charge in [-0.05, 0) is 13.0 Å². The number of carboxylic acids is 1. The van der Waals surface area contributed by atoms with E-state index in [1.807, 2.05) is 0 Å². The first-order valence-electron chi connectivity index (χ1n) is 6.02. The molecule has 1 aliphatic rings. The number of carboxylic acid groups (broad SMARTS) is 1. The predicted molar refractivity (Wildman–Crippen MR) is 72.7 cm³/mol. The molecule has 1 amide bonds. The van der Waals surface area contributed by atoms with Crippen LogP contribution in [0.4, 0.5) is 17.1 Å².